The van der Waals surface area contributed by atoms with E-state index in [1.54, 1.807) is 29.7 Å². The van der Waals surface area contributed by atoms with Crippen LogP contribution in [0.1, 0.15) is 30.5 Å². The van der Waals surface area contributed by atoms with Gasteiger partial charge in [-0.05, 0) is 60.0 Å². The van der Waals surface area contributed by atoms with Gasteiger partial charge in [0.2, 0.25) is 0 Å². The maximum absolute atomic E-state index is 12.5. The minimum Gasteiger partial charge on any atom is -0.385 e. The van der Waals surface area contributed by atoms with E-state index in [1.807, 2.05) is 0 Å². The summed E-state index contributed by atoms with van der Waals surface area (Å²) in [5.74, 6) is 0. The summed E-state index contributed by atoms with van der Waals surface area (Å²) in [7, 11) is 1.68. The van der Waals surface area contributed by atoms with Crippen LogP contribution in [0.25, 0.3) is 0 Å². The zero-order valence-corrected chi connectivity index (χ0v) is 13.4. The fraction of sp³-hybridized carbons (Fsp3) is 0.615. The highest BCUT2D eigenvalue weighted by Gasteiger charge is 2.34. The Balaban J connectivity index is 2.33. The first-order chi connectivity index (χ1) is 9.45. The molecule has 114 valence electrons. The second-order valence-corrected chi connectivity index (χ2v) is 5.56. The molecule has 0 unspecified atom stereocenters. The molecule has 0 radical (unpaired) electrons. The Kier molecular flexibility index (Phi) is 7.75. The summed E-state index contributed by atoms with van der Waals surface area (Å²) in [5.41, 5.74) is -0.0549. The van der Waals surface area contributed by atoms with Crippen LogP contribution >= 0.6 is 22.6 Å². The minimum atomic E-state index is -4.39. The van der Waals surface area contributed by atoms with Gasteiger partial charge in [0.25, 0.3) is 0 Å². The molecule has 0 amide bonds. The van der Waals surface area contributed by atoms with Crippen molar-refractivity contribution >= 4 is 22.6 Å². The fourth-order valence-corrected chi connectivity index (χ4v) is 2.53. The summed E-state index contributed by atoms with van der Waals surface area (Å²) in [5, 5.41) is 3.20. The van der Waals surface area contributed by atoms with Crippen LogP contribution in [0.5, 0.6) is 0 Å². The van der Waals surface area contributed by atoms with Gasteiger partial charge in [-0.15, -0.1) is 0 Å². The molecule has 0 saturated heterocycles. The predicted octanol–water partition coefficient (Wildman–Crippen LogP) is 3.61. The first kappa shape index (κ1) is 17.6. The van der Waals surface area contributed by atoms with Crippen molar-refractivity contribution in [2.24, 2.45) is 0 Å². The largest absolute Gasteiger partial charge is 0.434 e. The van der Waals surface area contributed by atoms with E-state index < -0.39 is 11.9 Å². The normalized spacial score (nSPS) is 11.8. The maximum Gasteiger partial charge on any atom is 0.434 e. The average molecular weight is 402 g/mol. The lowest BCUT2D eigenvalue weighted by molar-refractivity contribution is -0.141. The Morgan fingerprint density at radius 2 is 2.05 bits per heavy atom. The highest BCUT2D eigenvalue weighted by Crippen LogP contribution is 2.31. The number of nitrogens with zero attached hydrogens (tertiary/aromatic N) is 1. The van der Waals surface area contributed by atoms with E-state index >= 15 is 0 Å². The molecule has 0 saturated carbocycles. The Bertz CT molecular complexity index is 413. The summed E-state index contributed by atoms with van der Waals surface area (Å²) in [6.07, 6.45) is 0.0167. The zero-order valence-electron chi connectivity index (χ0n) is 11.3. The number of aromatic nitrogens is 1. The first-order valence-corrected chi connectivity index (χ1v) is 7.44. The Labute approximate surface area is 130 Å². The van der Waals surface area contributed by atoms with E-state index in [0.29, 0.717) is 6.54 Å². The molecule has 0 atom stereocenters. The molecule has 0 bridgehead atoms. The molecule has 0 fully saturated rings. The van der Waals surface area contributed by atoms with Gasteiger partial charge < -0.3 is 10.1 Å². The van der Waals surface area contributed by atoms with Gasteiger partial charge in [-0.1, -0.05) is 0 Å². The van der Waals surface area contributed by atoms with E-state index in [-0.39, 0.29) is 3.57 Å². The Morgan fingerprint density at radius 3 is 2.65 bits per heavy atom. The van der Waals surface area contributed by atoms with Gasteiger partial charge in [-0.3, -0.25) is 4.98 Å². The quantitative estimate of drug-likeness (QED) is 0.533. The number of hydrogen-bond acceptors (Lipinski definition) is 3. The monoisotopic (exact) mass is 402 g/mol. The van der Waals surface area contributed by atoms with Crippen LogP contribution in [0.2, 0.25) is 0 Å². The van der Waals surface area contributed by atoms with Crippen molar-refractivity contribution in [3.8, 4) is 0 Å². The molecule has 1 N–H and O–H groups in total. The lowest BCUT2D eigenvalue weighted by Crippen LogP contribution is -2.16. The van der Waals surface area contributed by atoms with E-state index in [0.717, 1.165) is 38.0 Å². The number of pyridine rings is 1. The third-order valence-corrected chi connectivity index (χ3v) is 3.52. The first-order valence-electron chi connectivity index (χ1n) is 6.36. The van der Waals surface area contributed by atoms with Crippen LogP contribution in [0.15, 0.2) is 12.3 Å². The highest BCUT2D eigenvalue weighted by molar-refractivity contribution is 14.1. The second-order valence-electron chi connectivity index (χ2n) is 4.40. The summed E-state index contributed by atoms with van der Waals surface area (Å²) in [6, 6.07) is 1.52. The molecule has 0 aromatic carbocycles. The summed E-state index contributed by atoms with van der Waals surface area (Å²) < 4.78 is 42.7. The molecule has 1 aromatic heterocycles. The summed E-state index contributed by atoms with van der Waals surface area (Å²) >= 11 is 1.67. The summed E-state index contributed by atoms with van der Waals surface area (Å²) in [6.45, 7) is 2.13. The van der Waals surface area contributed by atoms with Crippen molar-refractivity contribution < 1.29 is 17.9 Å². The molecule has 0 aliphatic rings. The number of alkyl halides is 3. The average Bonchev–Trinajstić information content (AvgIpc) is 2.36. The van der Waals surface area contributed by atoms with E-state index in [9.17, 15) is 13.2 Å². The molecular weight excluding hydrogens is 384 g/mol. The standard InChI is InChI=1S/C13H18F3IN2O/c1-20-6-4-2-3-5-18-8-10-7-11(17)12(19-9-10)13(14,15)16/h7,9,18H,2-6,8H2,1H3. The van der Waals surface area contributed by atoms with Crippen LogP contribution in [0.4, 0.5) is 13.2 Å². The smallest absolute Gasteiger partial charge is 0.385 e. The van der Waals surface area contributed by atoms with Crippen molar-refractivity contribution in [1.29, 1.82) is 0 Å². The van der Waals surface area contributed by atoms with Gasteiger partial charge >= 0.3 is 6.18 Å². The van der Waals surface area contributed by atoms with Crippen molar-refractivity contribution in [3.63, 3.8) is 0 Å². The number of halogens is 4. The number of rotatable bonds is 8. The van der Waals surface area contributed by atoms with Gasteiger partial charge in [0, 0.05) is 30.0 Å². The maximum atomic E-state index is 12.5. The van der Waals surface area contributed by atoms with Crippen molar-refractivity contribution in [3.05, 3.63) is 27.1 Å². The van der Waals surface area contributed by atoms with Gasteiger partial charge in [0.15, 0.2) is 5.69 Å². The molecule has 20 heavy (non-hydrogen) atoms. The number of methoxy groups -OCH3 is 1. The SMILES string of the molecule is COCCCCCNCc1cnc(C(F)(F)F)c(I)c1. The molecule has 0 aliphatic carbocycles. The molecular formula is C13H18F3IN2O. The molecule has 3 nitrogen and oxygen atoms in total. The van der Waals surface area contributed by atoms with E-state index in [1.165, 1.54) is 12.3 Å². The lowest BCUT2D eigenvalue weighted by atomic mass is 10.2. The van der Waals surface area contributed by atoms with E-state index in [2.05, 4.69) is 10.3 Å². The highest BCUT2D eigenvalue weighted by atomic mass is 127. The molecule has 7 heteroatoms. The second kappa shape index (κ2) is 8.78. The molecule has 0 spiro atoms. The van der Waals surface area contributed by atoms with Crippen LogP contribution in [-0.4, -0.2) is 25.2 Å². The third-order valence-electron chi connectivity index (χ3n) is 2.70. The third kappa shape index (κ3) is 6.36. The number of unbranched alkanes of at least 4 members (excludes halogenated alkanes) is 2. The van der Waals surface area contributed by atoms with Gasteiger partial charge in [-0.2, -0.15) is 13.2 Å². The van der Waals surface area contributed by atoms with Crippen molar-refractivity contribution in [2.75, 3.05) is 20.3 Å². The molecule has 1 heterocycles. The van der Waals surface area contributed by atoms with Crippen molar-refractivity contribution in [2.45, 2.75) is 32.0 Å². The van der Waals surface area contributed by atoms with Gasteiger partial charge in [-0.25, -0.2) is 0 Å². The molecule has 0 aliphatic heterocycles. The predicted molar refractivity (Wildman–Crippen MR) is 79.4 cm³/mol. The fourth-order valence-electron chi connectivity index (χ4n) is 1.69. The van der Waals surface area contributed by atoms with E-state index in [4.69, 9.17) is 4.74 Å². The number of nitrogens with one attached hydrogen (secondary N) is 1. The van der Waals surface area contributed by atoms with Crippen LogP contribution in [-0.2, 0) is 17.5 Å². The lowest BCUT2D eigenvalue weighted by Gasteiger charge is -2.10. The number of hydrogen-bond donors (Lipinski definition) is 1. The topological polar surface area (TPSA) is 34.1 Å². The zero-order chi connectivity index (χ0) is 15.0. The number of ether oxygens (including phenoxy) is 1. The summed E-state index contributed by atoms with van der Waals surface area (Å²) in [4.78, 5) is 3.50. The van der Waals surface area contributed by atoms with Crippen LogP contribution in [0, 0.1) is 3.57 Å². The Morgan fingerprint density at radius 1 is 1.30 bits per heavy atom. The van der Waals surface area contributed by atoms with Gasteiger partial charge in [0.1, 0.15) is 0 Å². The van der Waals surface area contributed by atoms with Crippen LogP contribution < -0.4 is 5.32 Å². The molecule has 1 rings (SSSR count). The molecule has 1 aromatic rings. The van der Waals surface area contributed by atoms with Crippen LogP contribution in [0.3, 0.4) is 0 Å². The van der Waals surface area contributed by atoms with Gasteiger partial charge in [0.05, 0.1) is 0 Å². The Hall–Kier alpha value is -0.410. The minimum absolute atomic E-state index is 0.134. The van der Waals surface area contributed by atoms with Crippen molar-refractivity contribution in [1.82, 2.24) is 10.3 Å².